The number of carbonyl (C=O) groups is 2. The van der Waals surface area contributed by atoms with Gasteiger partial charge < -0.3 is 29.0 Å². The number of nitrogens with zero attached hydrogens (tertiary/aromatic N) is 1. The molecule has 0 radical (unpaired) electrons. The fourth-order valence-electron chi connectivity index (χ4n) is 2.08. The average molecular weight is 391 g/mol. The molecule has 144 valence electrons. The molecule has 1 unspecified atom stereocenters. The van der Waals surface area contributed by atoms with Crippen molar-refractivity contribution in [3.8, 4) is 0 Å². The Morgan fingerprint density at radius 3 is 2.50 bits per heavy atom. The molecule has 13 heteroatoms. The Hall–Kier alpha value is -2.96. The van der Waals surface area contributed by atoms with Crippen molar-refractivity contribution in [2.45, 2.75) is 25.8 Å². The molecule has 1 amide bonds. The van der Waals surface area contributed by atoms with Gasteiger partial charge in [-0.15, -0.1) is 10.1 Å². The van der Waals surface area contributed by atoms with Gasteiger partial charge in [0.25, 0.3) is 5.09 Å². The van der Waals surface area contributed by atoms with Crippen molar-refractivity contribution < 1.29 is 33.1 Å². The summed E-state index contributed by atoms with van der Waals surface area (Å²) in [6.07, 6.45) is -0.376. The Morgan fingerprint density at radius 2 is 2.04 bits per heavy atom. The molecule has 12 nitrogen and oxygen atoms in total. The summed E-state index contributed by atoms with van der Waals surface area (Å²) >= 11 is 5.17. The molecule has 1 rings (SSSR count). The van der Waals surface area contributed by atoms with Crippen LogP contribution in [0, 0.1) is 17.0 Å². The zero-order chi connectivity index (χ0) is 19.9. The number of rotatable bonds is 9. The fraction of sp³-hybridized carbons (Fsp3) is 0.538. The summed E-state index contributed by atoms with van der Waals surface area (Å²) in [4.78, 5) is 49.4. The zero-order valence-corrected chi connectivity index (χ0v) is 15.0. The Kier molecular flexibility index (Phi) is 7.25. The fourth-order valence-corrected chi connectivity index (χ4v) is 2.39. The van der Waals surface area contributed by atoms with Gasteiger partial charge in [-0.1, -0.05) is 12.2 Å². The molecule has 0 saturated heterocycles. The lowest BCUT2D eigenvalue weighted by molar-refractivity contribution is -0.757. The van der Waals surface area contributed by atoms with Crippen LogP contribution in [-0.4, -0.2) is 47.8 Å². The molecule has 0 bridgehead atoms. The van der Waals surface area contributed by atoms with E-state index in [0.29, 0.717) is 0 Å². The highest BCUT2D eigenvalue weighted by atomic mass is 32.1. The maximum Gasteiger partial charge on any atom is 0.519 e. The molecular weight excluding hydrogens is 374 g/mol. The molecule has 0 spiro atoms. The van der Waals surface area contributed by atoms with E-state index in [2.05, 4.69) is 15.5 Å². The summed E-state index contributed by atoms with van der Waals surface area (Å²) in [5.41, 5.74) is -1.92. The van der Waals surface area contributed by atoms with Gasteiger partial charge in [0, 0.05) is 13.5 Å². The molecule has 0 aromatic carbocycles. The first-order valence-corrected chi connectivity index (χ1v) is 7.55. The normalized spacial score (nSPS) is 12.6. The molecule has 0 aliphatic rings. The summed E-state index contributed by atoms with van der Waals surface area (Å²) in [5.74, 6) is -2.49. The van der Waals surface area contributed by atoms with Crippen molar-refractivity contribution in [3.05, 3.63) is 32.3 Å². The number of hydrogen-bond donors (Lipinski definition) is 2. The Labute approximate surface area is 151 Å². The summed E-state index contributed by atoms with van der Waals surface area (Å²) in [5, 5.41) is 14.1. The summed E-state index contributed by atoms with van der Waals surface area (Å²) in [7, 11) is 1.08. The molecule has 26 heavy (non-hydrogen) atoms. The van der Waals surface area contributed by atoms with Crippen LogP contribution >= 0.6 is 12.2 Å². The van der Waals surface area contributed by atoms with E-state index in [1.807, 2.05) is 0 Å². The van der Waals surface area contributed by atoms with Crippen LogP contribution in [0.2, 0.25) is 0 Å². The lowest BCUT2D eigenvalue weighted by atomic mass is 9.92. The highest BCUT2D eigenvalue weighted by Crippen LogP contribution is 2.20. The van der Waals surface area contributed by atoms with Crippen molar-refractivity contribution in [2.24, 2.45) is 0 Å². The number of amides is 1. The van der Waals surface area contributed by atoms with E-state index in [1.165, 1.54) is 6.92 Å². The van der Waals surface area contributed by atoms with Crippen LogP contribution in [0.25, 0.3) is 0 Å². The molecule has 1 aromatic heterocycles. The molecule has 1 atom stereocenters. The van der Waals surface area contributed by atoms with Crippen molar-refractivity contribution in [1.82, 2.24) is 10.6 Å². The second-order valence-corrected chi connectivity index (χ2v) is 5.41. The van der Waals surface area contributed by atoms with Crippen molar-refractivity contribution >= 4 is 29.1 Å². The van der Waals surface area contributed by atoms with Gasteiger partial charge in [-0.05, 0) is 6.92 Å². The monoisotopic (exact) mass is 391 g/mol. The van der Waals surface area contributed by atoms with E-state index in [1.54, 1.807) is 0 Å². The second kappa shape index (κ2) is 8.94. The number of hydrogen-bond acceptors (Lipinski definition) is 10. The van der Waals surface area contributed by atoms with Crippen LogP contribution in [-0.2, 0) is 25.6 Å². The summed E-state index contributed by atoms with van der Waals surface area (Å²) in [6, 6.07) is 0. The highest BCUT2D eigenvalue weighted by Gasteiger charge is 2.47. The molecule has 0 aliphatic heterocycles. The maximum atomic E-state index is 12.4. The standard InChI is InChI=1S/C13H17N3O9S/c1-7-9(25-12(19)24-7)6-13(11(18)22-3,15-8(2)17)10(26)14-4-5-23-16(20)21/h4-6H2,1-3H3,(H,14,26)(H,15,17). The molecule has 0 aliphatic carbocycles. The predicted molar refractivity (Wildman–Crippen MR) is 87.8 cm³/mol. The first-order valence-electron chi connectivity index (χ1n) is 7.14. The Balaban J connectivity index is 3.16. The minimum atomic E-state index is -1.92. The van der Waals surface area contributed by atoms with E-state index in [0.717, 1.165) is 14.0 Å². The van der Waals surface area contributed by atoms with Gasteiger partial charge in [0.15, 0.2) is 11.3 Å². The SMILES string of the molecule is COC(=O)C(Cc1oc(=O)oc1C)(NC(C)=O)C(=S)NCCO[N+](=O)[O-]. The third kappa shape index (κ3) is 5.27. The molecule has 1 heterocycles. The lowest BCUT2D eigenvalue weighted by Crippen LogP contribution is -2.64. The van der Waals surface area contributed by atoms with E-state index in [4.69, 9.17) is 25.8 Å². The average Bonchev–Trinajstić information content (AvgIpc) is 2.86. The predicted octanol–water partition coefficient (Wildman–Crippen LogP) is -0.743. The minimum Gasteiger partial charge on any atom is -0.467 e. The zero-order valence-electron chi connectivity index (χ0n) is 14.2. The Morgan fingerprint density at radius 1 is 1.38 bits per heavy atom. The number of methoxy groups -OCH3 is 1. The molecule has 0 saturated carbocycles. The third-order valence-electron chi connectivity index (χ3n) is 3.16. The Bertz CT molecular complexity index is 756. The first-order chi connectivity index (χ1) is 12.1. The van der Waals surface area contributed by atoms with Crippen LogP contribution in [0.4, 0.5) is 0 Å². The van der Waals surface area contributed by atoms with Gasteiger partial charge in [0.1, 0.15) is 17.4 Å². The number of carbonyl (C=O) groups excluding carboxylic acids is 2. The lowest BCUT2D eigenvalue weighted by Gasteiger charge is -2.31. The van der Waals surface area contributed by atoms with Crippen LogP contribution in [0.5, 0.6) is 0 Å². The second-order valence-electron chi connectivity index (χ2n) is 5.00. The van der Waals surface area contributed by atoms with Crippen LogP contribution in [0.1, 0.15) is 18.4 Å². The van der Waals surface area contributed by atoms with Crippen LogP contribution in [0.3, 0.4) is 0 Å². The first kappa shape index (κ1) is 21.1. The third-order valence-corrected chi connectivity index (χ3v) is 3.65. The summed E-state index contributed by atoms with van der Waals surface area (Å²) < 4.78 is 14.3. The van der Waals surface area contributed by atoms with E-state index < -0.39 is 28.3 Å². The van der Waals surface area contributed by atoms with Crippen molar-refractivity contribution in [3.63, 3.8) is 0 Å². The summed E-state index contributed by atoms with van der Waals surface area (Å²) in [6.45, 7) is 2.09. The van der Waals surface area contributed by atoms with Gasteiger partial charge >= 0.3 is 11.8 Å². The van der Waals surface area contributed by atoms with E-state index >= 15 is 0 Å². The van der Waals surface area contributed by atoms with Gasteiger partial charge in [-0.25, -0.2) is 9.59 Å². The number of nitrogens with one attached hydrogen (secondary N) is 2. The molecule has 1 aromatic rings. The largest absolute Gasteiger partial charge is 0.519 e. The number of esters is 1. The molecular formula is C13H17N3O9S. The highest BCUT2D eigenvalue weighted by molar-refractivity contribution is 7.80. The number of aryl methyl sites for hydroxylation is 1. The van der Waals surface area contributed by atoms with Crippen molar-refractivity contribution in [1.29, 1.82) is 0 Å². The topological polar surface area (TPSA) is 163 Å². The minimum absolute atomic E-state index is 0.0279. The van der Waals surface area contributed by atoms with Gasteiger partial charge in [0.2, 0.25) is 5.91 Å². The molecule has 2 N–H and O–H groups in total. The van der Waals surface area contributed by atoms with Gasteiger partial charge in [-0.3, -0.25) is 4.79 Å². The van der Waals surface area contributed by atoms with Crippen molar-refractivity contribution in [2.75, 3.05) is 20.3 Å². The van der Waals surface area contributed by atoms with Crippen LogP contribution in [0.15, 0.2) is 13.6 Å². The van der Waals surface area contributed by atoms with E-state index in [9.17, 15) is 24.5 Å². The number of ether oxygens (including phenoxy) is 1. The van der Waals surface area contributed by atoms with Gasteiger partial charge in [-0.2, -0.15) is 0 Å². The van der Waals surface area contributed by atoms with Gasteiger partial charge in [0.05, 0.1) is 13.5 Å². The quantitative estimate of drug-likeness (QED) is 0.179. The van der Waals surface area contributed by atoms with E-state index in [-0.39, 0.29) is 36.1 Å². The smallest absolute Gasteiger partial charge is 0.467 e. The number of thiocarbonyl (C=S) groups is 1. The maximum absolute atomic E-state index is 12.4. The molecule has 0 fully saturated rings. The van der Waals surface area contributed by atoms with Crippen LogP contribution < -0.4 is 16.5 Å².